The lowest BCUT2D eigenvalue weighted by molar-refractivity contribution is -0.199. The number of hydrogen-bond acceptors (Lipinski definition) is 4. The van der Waals surface area contributed by atoms with Gasteiger partial charge in [-0.05, 0) is 54.9 Å². The van der Waals surface area contributed by atoms with Crippen LogP contribution in [-0.4, -0.2) is 49.8 Å². The minimum atomic E-state index is -0.640. The molecule has 1 saturated heterocycles. The Bertz CT molecular complexity index is 1040. The van der Waals surface area contributed by atoms with Gasteiger partial charge in [0.15, 0.2) is 5.81 Å². The Morgan fingerprint density at radius 2 is 1.68 bits per heavy atom. The highest BCUT2D eigenvalue weighted by atomic mass is 16.7. The summed E-state index contributed by atoms with van der Waals surface area (Å²) in [7, 11) is 0.0239. The highest BCUT2D eigenvalue weighted by molar-refractivity contribution is 6.74. The third kappa shape index (κ3) is 6.90. The summed E-state index contributed by atoms with van der Waals surface area (Å²) in [5, 5.41) is 6.46. The number of rotatable bonds is 10. The van der Waals surface area contributed by atoms with E-state index in [2.05, 4.69) is 45.3 Å². The molecule has 5 aliphatic rings. The molecule has 6 rings (SSSR count). The molecule has 6 atom stereocenters. The third-order valence-corrected chi connectivity index (χ3v) is 11.0. The maximum absolute atomic E-state index is 14.0. The van der Waals surface area contributed by atoms with Gasteiger partial charge in [0.25, 0.3) is 0 Å². The first-order valence-corrected chi connectivity index (χ1v) is 16.5. The smallest absolute Gasteiger partial charge is 0.404 e. The summed E-state index contributed by atoms with van der Waals surface area (Å²) in [6.45, 7) is 11.3. The predicted octanol–water partition coefficient (Wildman–Crippen LogP) is 6.08. The number of amides is 2. The van der Waals surface area contributed by atoms with Crippen molar-refractivity contribution in [2.75, 3.05) is 0 Å². The van der Waals surface area contributed by atoms with E-state index in [4.69, 9.17) is 9.31 Å². The molecule has 2 amide bonds. The first-order valence-electron chi connectivity index (χ1n) is 16.5. The predicted molar refractivity (Wildman–Crippen MR) is 167 cm³/mol. The molecule has 1 aliphatic heterocycles. The van der Waals surface area contributed by atoms with Crippen LogP contribution in [0.15, 0.2) is 30.3 Å². The van der Waals surface area contributed by atoms with Gasteiger partial charge in [0.05, 0.1) is 17.6 Å². The standard InChI is InChI=1S/C33H52B2N2O4/c1-22(2)18-29(35-40-28-21-24-20-27(32(24,3)4)33(28,5)41-35)37-30(38)26(19-23-14-10-9-11-15-23)36-31(39)34-25-16-12-7-6-8-13-17-25/h9-11,14-15,22,24-29,34H,6-8,12-13,16-21H2,1-5H3,(H,36,39)(H,37,38)/t24-,26+,27-,28?,29+,33-/m1/s1. The number of carbonyl (C=O) groups excluding carboxylic acids is 2. The van der Waals surface area contributed by atoms with Gasteiger partial charge in [-0.15, -0.1) is 0 Å². The lowest BCUT2D eigenvalue weighted by Crippen LogP contribution is -2.65. The van der Waals surface area contributed by atoms with E-state index in [0.717, 1.165) is 31.2 Å². The molecular formula is C33H52B2N2O4. The molecule has 4 aliphatic carbocycles. The zero-order valence-corrected chi connectivity index (χ0v) is 26.1. The zero-order valence-electron chi connectivity index (χ0n) is 26.1. The van der Waals surface area contributed by atoms with E-state index in [0.29, 0.717) is 37.3 Å². The second kappa shape index (κ2) is 12.8. The van der Waals surface area contributed by atoms with Crippen LogP contribution in [0.3, 0.4) is 0 Å². The van der Waals surface area contributed by atoms with E-state index in [9.17, 15) is 9.59 Å². The van der Waals surface area contributed by atoms with Crippen LogP contribution in [-0.2, 0) is 20.5 Å². The summed E-state index contributed by atoms with van der Waals surface area (Å²) in [6, 6.07) is 9.35. The average Bonchev–Trinajstić information content (AvgIpc) is 3.27. The molecule has 8 heteroatoms. The van der Waals surface area contributed by atoms with Crippen LogP contribution in [0, 0.1) is 23.2 Å². The van der Waals surface area contributed by atoms with Crippen LogP contribution >= 0.6 is 0 Å². The van der Waals surface area contributed by atoms with Crippen molar-refractivity contribution in [3.05, 3.63) is 35.9 Å². The summed E-state index contributed by atoms with van der Waals surface area (Å²) >= 11 is 0. The van der Waals surface area contributed by atoms with Gasteiger partial charge in [0, 0.05) is 6.42 Å². The Kier molecular flexibility index (Phi) is 9.60. The summed E-state index contributed by atoms with van der Waals surface area (Å²) in [6.07, 6.45) is 11.9. The van der Waals surface area contributed by atoms with Crippen molar-refractivity contribution >= 4 is 26.1 Å². The van der Waals surface area contributed by atoms with E-state index in [-0.39, 0.29) is 34.8 Å². The molecular weight excluding hydrogens is 510 g/mol. The zero-order chi connectivity index (χ0) is 29.2. The first-order chi connectivity index (χ1) is 19.6. The molecule has 2 N–H and O–H groups in total. The van der Waals surface area contributed by atoms with Gasteiger partial charge in [-0.1, -0.05) is 109 Å². The Labute approximate surface area is 249 Å². The maximum Gasteiger partial charge on any atom is 0.481 e. The van der Waals surface area contributed by atoms with E-state index in [1.54, 1.807) is 0 Å². The van der Waals surface area contributed by atoms with Crippen molar-refractivity contribution in [2.24, 2.45) is 23.2 Å². The third-order valence-electron chi connectivity index (χ3n) is 11.0. The topological polar surface area (TPSA) is 76.7 Å². The number of hydrogen-bond donors (Lipinski definition) is 2. The van der Waals surface area contributed by atoms with Crippen molar-refractivity contribution in [1.29, 1.82) is 0 Å². The van der Waals surface area contributed by atoms with Crippen LogP contribution in [0.2, 0.25) is 5.82 Å². The Morgan fingerprint density at radius 1 is 1.00 bits per heavy atom. The molecule has 4 saturated carbocycles. The number of carbonyl (C=O) groups is 2. The van der Waals surface area contributed by atoms with E-state index < -0.39 is 13.2 Å². The Hall–Kier alpha value is -1.79. The van der Waals surface area contributed by atoms with Gasteiger partial charge >= 0.3 is 7.12 Å². The van der Waals surface area contributed by atoms with Gasteiger partial charge in [0.2, 0.25) is 13.2 Å². The first kappa shape index (κ1) is 30.7. The van der Waals surface area contributed by atoms with Crippen molar-refractivity contribution in [3.8, 4) is 0 Å². The van der Waals surface area contributed by atoms with Crippen molar-refractivity contribution in [3.63, 3.8) is 0 Å². The molecule has 0 aromatic heterocycles. The molecule has 0 radical (unpaired) electrons. The molecule has 41 heavy (non-hydrogen) atoms. The summed E-state index contributed by atoms with van der Waals surface area (Å²) < 4.78 is 13.4. The normalized spacial score (nSPS) is 30.8. The second-order valence-corrected chi connectivity index (χ2v) is 14.8. The van der Waals surface area contributed by atoms with E-state index >= 15 is 0 Å². The molecule has 1 unspecified atom stereocenters. The molecule has 1 heterocycles. The molecule has 5 fully saturated rings. The maximum atomic E-state index is 14.0. The van der Waals surface area contributed by atoms with Gasteiger partial charge in [0.1, 0.15) is 6.04 Å². The minimum Gasteiger partial charge on any atom is -0.404 e. The van der Waals surface area contributed by atoms with Crippen molar-refractivity contribution < 1.29 is 18.9 Å². The highest BCUT2D eigenvalue weighted by Gasteiger charge is 2.68. The van der Waals surface area contributed by atoms with E-state index in [1.165, 1.54) is 38.5 Å². The molecule has 224 valence electrons. The SMILES string of the molecule is CC(C)C[C@H](NC(=O)[C@H](Cc1ccccc1)NC(=O)BC1CCCCCCC1)B1OC2C[C@H]3C[C@H](C3(C)C)[C@@]2(C)O1. The largest absolute Gasteiger partial charge is 0.481 e. The average molecular weight is 562 g/mol. The molecule has 1 aromatic rings. The fourth-order valence-electron chi connectivity index (χ4n) is 8.42. The fraction of sp³-hybridized carbons (Fsp3) is 0.758. The number of nitrogens with one attached hydrogen (secondary N) is 2. The quantitative estimate of drug-likeness (QED) is 0.340. The van der Waals surface area contributed by atoms with Gasteiger partial charge < -0.3 is 19.9 Å². The summed E-state index contributed by atoms with van der Waals surface area (Å²) in [4.78, 5) is 27.3. The van der Waals surface area contributed by atoms with E-state index in [1.807, 2.05) is 30.3 Å². The van der Waals surface area contributed by atoms with Crippen molar-refractivity contribution in [1.82, 2.24) is 10.6 Å². The molecule has 2 bridgehead atoms. The van der Waals surface area contributed by atoms with Gasteiger partial charge in [-0.3, -0.25) is 9.59 Å². The lowest BCUT2D eigenvalue weighted by atomic mass is 9.43. The fourth-order valence-corrected chi connectivity index (χ4v) is 8.42. The Morgan fingerprint density at radius 3 is 2.34 bits per heavy atom. The van der Waals surface area contributed by atoms with Gasteiger partial charge in [-0.25, -0.2) is 0 Å². The van der Waals surface area contributed by atoms with Gasteiger partial charge in [-0.2, -0.15) is 0 Å². The van der Waals surface area contributed by atoms with Crippen LogP contribution < -0.4 is 10.6 Å². The van der Waals surface area contributed by atoms with Crippen LogP contribution in [0.5, 0.6) is 0 Å². The number of benzene rings is 1. The Balaban J connectivity index is 1.28. The van der Waals surface area contributed by atoms with Crippen LogP contribution in [0.25, 0.3) is 0 Å². The highest BCUT2D eigenvalue weighted by Crippen LogP contribution is 2.65. The van der Waals surface area contributed by atoms with Crippen LogP contribution in [0.4, 0.5) is 4.79 Å². The second-order valence-electron chi connectivity index (χ2n) is 14.8. The summed E-state index contributed by atoms with van der Waals surface area (Å²) in [5.74, 6) is 1.47. The lowest BCUT2D eigenvalue weighted by Gasteiger charge is -2.64. The molecule has 1 aromatic carbocycles. The molecule has 0 spiro atoms. The monoisotopic (exact) mass is 562 g/mol. The molecule has 6 nitrogen and oxygen atoms in total. The summed E-state index contributed by atoms with van der Waals surface area (Å²) in [5.41, 5.74) is 0.980. The minimum absolute atomic E-state index is 0.0130. The van der Waals surface area contributed by atoms with Crippen molar-refractivity contribution in [2.45, 2.75) is 135 Å². The van der Waals surface area contributed by atoms with Crippen LogP contribution in [0.1, 0.15) is 104 Å².